The van der Waals surface area contributed by atoms with Crippen molar-refractivity contribution in [2.24, 2.45) is 0 Å². The number of amides is 1. The molecular formula is C18H24N2O7. The van der Waals surface area contributed by atoms with Crippen molar-refractivity contribution in [3.8, 4) is 11.5 Å². The molecule has 2 rings (SSSR count). The van der Waals surface area contributed by atoms with Crippen molar-refractivity contribution < 1.29 is 28.7 Å². The van der Waals surface area contributed by atoms with Gasteiger partial charge in [0.15, 0.2) is 18.1 Å². The average molecular weight is 380 g/mol. The molecule has 2 atom stereocenters. The number of methoxy groups -OCH3 is 2. The Morgan fingerprint density at radius 2 is 1.70 bits per heavy atom. The summed E-state index contributed by atoms with van der Waals surface area (Å²) in [5, 5.41) is 11.3. The summed E-state index contributed by atoms with van der Waals surface area (Å²) in [7, 11) is 2.68. The monoisotopic (exact) mass is 380 g/mol. The van der Waals surface area contributed by atoms with Crippen LogP contribution in [0.25, 0.3) is 0 Å². The molecule has 1 aromatic carbocycles. The molecule has 1 heterocycles. The summed E-state index contributed by atoms with van der Waals surface area (Å²) in [5.74, 6) is -1.01. The molecule has 9 nitrogen and oxygen atoms in total. The third-order valence-corrected chi connectivity index (χ3v) is 4.73. The summed E-state index contributed by atoms with van der Waals surface area (Å²) in [6.07, 6.45) is 2.83. The van der Waals surface area contributed by atoms with Crippen LogP contribution in [0.15, 0.2) is 12.1 Å². The third kappa shape index (κ3) is 4.47. The van der Waals surface area contributed by atoms with E-state index in [1.54, 1.807) is 4.90 Å². The molecule has 1 aromatic rings. The molecule has 0 saturated carbocycles. The van der Waals surface area contributed by atoms with Crippen LogP contribution < -0.4 is 9.47 Å². The molecule has 27 heavy (non-hydrogen) atoms. The van der Waals surface area contributed by atoms with E-state index in [9.17, 15) is 19.7 Å². The van der Waals surface area contributed by atoms with Crippen molar-refractivity contribution in [2.45, 2.75) is 45.2 Å². The second-order valence-corrected chi connectivity index (χ2v) is 6.49. The number of carbonyl (C=O) groups is 2. The first-order valence-electron chi connectivity index (χ1n) is 8.68. The van der Waals surface area contributed by atoms with Gasteiger partial charge in [-0.2, -0.15) is 0 Å². The Morgan fingerprint density at radius 3 is 2.22 bits per heavy atom. The quantitative estimate of drug-likeness (QED) is 0.424. The minimum atomic E-state index is -0.965. The number of ether oxygens (including phenoxy) is 3. The summed E-state index contributed by atoms with van der Waals surface area (Å²) in [6.45, 7) is 3.43. The Bertz CT molecular complexity index is 725. The van der Waals surface area contributed by atoms with Crippen molar-refractivity contribution in [3.63, 3.8) is 0 Å². The number of carbonyl (C=O) groups excluding carboxylic acids is 2. The lowest BCUT2D eigenvalue weighted by molar-refractivity contribution is -0.385. The van der Waals surface area contributed by atoms with E-state index < -0.39 is 23.2 Å². The Hall–Kier alpha value is -2.84. The maximum Gasteiger partial charge on any atom is 0.345 e. The number of nitro benzene ring substituents is 1. The zero-order chi connectivity index (χ0) is 20.1. The molecule has 1 amide bonds. The van der Waals surface area contributed by atoms with Gasteiger partial charge in [0.25, 0.3) is 11.6 Å². The Kier molecular flexibility index (Phi) is 6.59. The third-order valence-electron chi connectivity index (χ3n) is 4.73. The van der Waals surface area contributed by atoms with E-state index in [-0.39, 0.29) is 35.1 Å². The number of nitro groups is 1. The predicted molar refractivity (Wildman–Crippen MR) is 96.1 cm³/mol. The van der Waals surface area contributed by atoms with Crippen LogP contribution >= 0.6 is 0 Å². The number of rotatable bonds is 6. The Morgan fingerprint density at radius 1 is 1.15 bits per heavy atom. The van der Waals surface area contributed by atoms with E-state index in [0.717, 1.165) is 25.3 Å². The van der Waals surface area contributed by atoms with Crippen molar-refractivity contribution in [3.05, 3.63) is 27.8 Å². The first-order valence-corrected chi connectivity index (χ1v) is 8.68. The van der Waals surface area contributed by atoms with Crippen molar-refractivity contribution in [2.75, 3.05) is 20.8 Å². The van der Waals surface area contributed by atoms with Crippen LogP contribution in [-0.4, -0.2) is 54.6 Å². The Labute approximate surface area is 157 Å². The van der Waals surface area contributed by atoms with Crippen LogP contribution in [0.3, 0.4) is 0 Å². The highest BCUT2D eigenvalue weighted by molar-refractivity contribution is 5.96. The standard InChI is InChI=1S/C18H24N2O7/c1-11-6-5-7-12(2)19(11)17(21)10-27-18(22)13-8-15(25-3)16(26-4)9-14(13)20(23)24/h8-9,11-12H,5-7,10H2,1-4H3/t11-,12+. The van der Waals surface area contributed by atoms with Gasteiger partial charge in [-0.3, -0.25) is 14.9 Å². The molecule has 1 saturated heterocycles. The molecule has 148 valence electrons. The second-order valence-electron chi connectivity index (χ2n) is 6.49. The summed E-state index contributed by atoms with van der Waals surface area (Å²) in [6, 6.07) is 2.40. The van der Waals surface area contributed by atoms with E-state index >= 15 is 0 Å². The zero-order valence-electron chi connectivity index (χ0n) is 15.9. The zero-order valence-corrected chi connectivity index (χ0v) is 15.9. The van der Waals surface area contributed by atoms with Gasteiger partial charge in [-0.15, -0.1) is 0 Å². The molecule has 0 radical (unpaired) electrons. The van der Waals surface area contributed by atoms with Crippen molar-refractivity contribution >= 4 is 17.6 Å². The Balaban J connectivity index is 2.17. The highest BCUT2D eigenvalue weighted by atomic mass is 16.6. The van der Waals surface area contributed by atoms with E-state index in [4.69, 9.17) is 14.2 Å². The van der Waals surface area contributed by atoms with Crippen LogP contribution in [0.4, 0.5) is 5.69 Å². The first kappa shape index (κ1) is 20.5. The SMILES string of the molecule is COc1cc(C(=O)OCC(=O)N2[C@H](C)CCC[C@@H]2C)c([N+](=O)[O-])cc1OC. The van der Waals surface area contributed by atoms with Gasteiger partial charge in [0.1, 0.15) is 5.56 Å². The summed E-state index contributed by atoms with van der Waals surface area (Å²) >= 11 is 0. The van der Waals surface area contributed by atoms with Gasteiger partial charge >= 0.3 is 5.97 Å². The van der Waals surface area contributed by atoms with Crippen molar-refractivity contribution in [1.29, 1.82) is 0 Å². The largest absolute Gasteiger partial charge is 0.493 e. The summed E-state index contributed by atoms with van der Waals surface area (Å²) in [5.41, 5.74) is -0.782. The van der Waals surface area contributed by atoms with Gasteiger partial charge < -0.3 is 19.1 Å². The van der Waals surface area contributed by atoms with Gasteiger partial charge in [-0.05, 0) is 33.1 Å². The average Bonchev–Trinajstić information content (AvgIpc) is 2.64. The minimum Gasteiger partial charge on any atom is -0.493 e. The van der Waals surface area contributed by atoms with Crippen LogP contribution in [0.2, 0.25) is 0 Å². The molecule has 1 aliphatic rings. The summed E-state index contributed by atoms with van der Waals surface area (Å²) in [4.78, 5) is 37.1. The lowest BCUT2D eigenvalue weighted by Gasteiger charge is -2.38. The first-order chi connectivity index (χ1) is 12.8. The summed E-state index contributed by atoms with van der Waals surface area (Å²) < 4.78 is 15.2. The fourth-order valence-electron chi connectivity index (χ4n) is 3.38. The molecule has 1 fully saturated rings. The van der Waals surface area contributed by atoms with E-state index in [1.165, 1.54) is 20.3 Å². The lowest BCUT2D eigenvalue weighted by Crippen LogP contribution is -2.49. The molecule has 0 aromatic heterocycles. The maximum absolute atomic E-state index is 12.5. The van der Waals surface area contributed by atoms with Gasteiger partial charge in [-0.1, -0.05) is 0 Å². The van der Waals surface area contributed by atoms with Crippen molar-refractivity contribution in [1.82, 2.24) is 4.90 Å². The van der Waals surface area contributed by atoms with Crippen LogP contribution in [-0.2, 0) is 9.53 Å². The number of likely N-dealkylation sites (tertiary alicyclic amines) is 1. The lowest BCUT2D eigenvalue weighted by atomic mass is 9.97. The van der Waals surface area contributed by atoms with Crippen LogP contribution in [0.1, 0.15) is 43.5 Å². The van der Waals surface area contributed by atoms with Gasteiger partial charge in [0, 0.05) is 18.2 Å². The molecular weight excluding hydrogens is 356 g/mol. The number of nitrogens with zero attached hydrogens (tertiary/aromatic N) is 2. The number of esters is 1. The van der Waals surface area contributed by atoms with Crippen LogP contribution in [0, 0.1) is 10.1 Å². The topological polar surface area (TPSA) is 108 Å². The molecule has 9 heteroatoms. The number of hydrogen-bond acceptors (Lipinski definition) is 7. The molecule has 0 spiro atoms. The normalized spacial score (nSPS) is 19.3. The van der Waals surface area contributed by atoms with Gasteiger partial charge in [0.2, 0.25) is 0 Å². The van der Waals surface area contributed by atoms with E-state index in [0.29, 0.717) is 0 Å². The fraction of sp³-hybridized carbons (Fsp3) is 0.556. The highest BCUT2D eigenvalue weighted by Crippen LogP contribution is 2.34. The number of benzene rings is 1. The second kappa shape index (κ2) is 8.70. The van der Waals surface area contributed by atoms with Crippen LogP contribution in [0.5, 0.6) is 11.5 Å². The fourth-order valence-corrected chi connectivity index (χ4v) is 3.38. The number of piperidine rings is 1. The molecule has 0 bridgehead atoms. The highest BCUT2D eigenvalue weighted by Gasteiger charge is 2.31. The predicted octanol–water partition coefficient (Wildman–Crippen LogP) is 2.56. The van der Waals surface area contributed by atoms with Gasteiger partial charge in [0.05, 0.1) is 25.2 Å². The molecule has 1 aliphatic heterocycles. The molecule has 0 N–H and O–H groups in total. The minimum absolute atomic E-state index is 0.0652. The van der Waals surface area contributed by atoms with E-state index in [2.05, 4.69) is 0 Å². The smallest absolute Gasteiger partial charge is 0.345 e. The molecule has 0 unspecified atom stereocenters. The molecule has 0 aliphatic carbocycles. The van der Waals surface area contributed by atoms with E-state index in [1.807, 2.05) is 13.8 Å². The van der Waals surface area contributed by atoms with Gasteiger partial charge in [-0.25, -0.2) is 4.79 Å². The maximum atomic E-state index is 12.5. The number of hydrogen-bond donors (Lipinski definition) is 0.